The van der Waals surface area contributed by atoms with Crippen LogP contribution in [0.5, 0.6) is 0 Å². The first-order valence-electron chi connectivity index (χ1n) is 7.39. The Kier molecular flexibility index (Phi) is 3.15. The molecule has 112 valence electrons. The van der Waals surface area contributed by atoms with Crippen molar-refractivity contribution in [1.82, 2.24) is 15.1 Å². The average Bonchev–Trinajstić information content (AvgIpc) is 3.03. The number of fused-ring (bicyclic) bond motifs is 1. The predicted octanol–water partition coefficient (Wildman–Crippen LogP) is 2.65. The van der Waals surface area contributed by atoms with Gasteiger partial charge in [-0.15, -0.1) is 0 Å². The van der Waals surface area contributed by atoms with Crippen molar-refractivity contribution in [3.63, 3.8) is 0 Å². The molecule has 0 spiro atoms. The first kappa shape index (κ1) is 13.9. The highest BCUT2D eigenvalue weighted by Gasteiger charge is 2.35. The van der Waals surface area contributed by atoms with Crippen molar-refractivity contribution in [2.75, 3.05) is 18.8 Å². The molecule has 1 unspecified atom stereocenters. The number of nitrogens with one attached hydrogen (secondary N) is 1. The van der Waals surface area contributed by atoms with Gasteiger partial charge in [-0.25, -0.2) is 0 Å². The number of nitrogens with two attached hydrogens (primary N) is 1. The minimum absolute atomic E-state index is 0.00130. The van der Waals surface area contributed by atoms with E-state index in [2.05, 4.69) is 31.0 Å². The first-order valence-corrected chi connectivity index (χ1v) is 7.39. The van der Waals surface area contributed by atoms with Crippen LogP contribution in [0.4, 0.5) is 5.69 Å². The number of amides is 1. The topological polar surface area (TPSA) is 75.0 Å². The van der Waals surface area contributed by atoms with Crippen molar-refractivity contribution < 1.29 is 4.79 Å². The average molecular weight is 286 g/mol. The molecule has 0 bridgehead atoms. The Morgan fingerprint density at radius 2 is 2.19 bits per heavy atom. The van der Waals surface area contributed by atoms with E-state index in [0.717, 1.165) is 30.4 Å². The number of likely N-dealkylation sites (tertiary alicyclic amines) is 1. The van der Waals surface area contributed by atoms with E-state index in [-0.39, 0.29) is 11.3 Å². The highest BCUT2D eigenvalue weighted by molar-refractivity contribution is 6.05. The number of nitrogens with zero attached hydrogens (tertiary/aromatic N) is 2. The van der Waals surface area contributed by atoms with Crippen LogP contribution >= 0.6 is 0 Å². The fourth-order valence-corrected chi connectivity index (χ4v) is 3.00. The Bertz CT molecular complexity index is 683. The van der Waals surface area contributed by atoms with Gasteiger partial charge in [-0.3, -0.25) is 9.89 Å². The predicted molar refractivity (Wildman–Crippen MR) is 84.0 cm³/mol. The molecule has 0 radical (unpaired) electrons. The monoisotopic (exact) mass is 286 g/mol. The van der Waals surface area contributed by atoms with Crippen molar-refractivity contribution in [3.8, 4) is 0 Å². The molecule has 1 fully saturated rings. The van der Waals surface area contributed by atoms with E-state index in [1.807, 2.05) is 17.0 Å². The Balaban J connectivity index is 1.87. The second kappa shape index (κ2) is 4.76. The first-order chi connectivity index (χ1) is 9.86. The zero-order chi connectivity index (χ0) is 15.2. The van der Waals surface area contributed by atoms with E-state index in [1.54, 1.807) is 6.07 Å². The van der Waals surface area contributed by atoms with Crippen molar-refractivity contribution in [2.24, 2.45) is 11.3 Å². The maximum absolute atomic E-state index is 12.7. The maximum atomic E-state index is 12.7. The van der Waals surface area contributed by atoms with E-state index in [1.165, 1.54) is 0 Å². The number of aromatic amines is 1. The molecule has 1 aromatic heterocycles. The lowest BCUT2D eigenvalue weighted by Gasteiger charge is -2.26. The molecule has 5 heteroatoms. The highest BCUT2D eigenvalue weighted by atomic mass is 16.2. The van der Waals surface area contributed by atoms with Crippen molar-refractivity contribution >= 4 is 22.5 Å². The van der Waals surface area contributed by atoms with Crippen molar-refractivity contribution in [3.05, 3.63) is 23.9 Å². The molecule has 5 nitrogen and oxygen atoms in total. The molecule has 1 saturated heterocycles. The van der Waals surface area contributed by atoms with Gasteiger partial charge in [-0.1, -0.05) is 20.8 Å². The van der Waals surface area contributed by atoms with Gasteiger partial charge in [0.1, 0.15) is 0 Å². The summed E-state index contributed by atoms with van der Waals surface area (Å²) in [4.78, 5) is 14.6. The Morgan fingerprint density at radius 3 is 2.86 bits per heavy atom. The van der Waals surface area contributed by atoms with Crippen LogP contribution in [0.25, 0.3) is 10.9 Å². The molecule has 0 aliphatic carbocycles. The minimum atomic E-state index is -0.00130. The van der Waals surface area contributed by atoms with Gasteiger partial charge in [0.2, 0.25) is 0 Å². The number of rotatable bonds is 1. The van der Waals surface area contributed by atoms with Gasteiger partial charge in [0.25, 0.3) is 5.91 Å². The van der Waals surface area contributed by atoms with Gasteiger partial charge < -0.3 is 10.6 Å². The second-order valence-corrected chi connectivity index (χ2v) is 6.98. The number of carbonyl (C=O) groups is 1. The summed E-state index contributed by atoms with van der Waals surface area (Å²) in [6.45, 7) is 8.30. The molecule has 1 aliphatic heterocycles. The van der Waals surface area contributed by atoms with Gasteiger partial charge in [0, 0.05) is 24.2 Å². The van der Waals surface area contributed by atoms with Gasteiger partial charge >= 0.3 is 0 Å². The Labute approximate surface area is 124 Å². The molecular weight excluding hydrogens is 264 g/mol. The number of aromatic nitrogens is 2. The Morgan fingerprint density at radius 1 is 1.43 bits per heavy atom. The number of hydrogen-bond acceptors (Lipinski definition) is 3. The van der Waals surface area contributed by atoms with Crippen LogP contribution in [0.2, 0.25) is 0 Å². The van der Waals surface area contributed by atoms with E-state index in [0.29, 0.717) is 17.3 Å². The summed E-state index contributed by atoms with van der Waals surface area (Å²) in [5.41, 5.74) is 8.02. The van der Waals surface area contributed by atoms with Gasteiger partial charge in [0.05, 0.1) is 5.52 Å². The summed E-state index contributed by atoms with van der Waals surface area (Å²) in [6.07, 6.45) is 1.06. The van der Waals surface area contributed by atoms with Crippen LogP contribution < -0.4 is 5.73 Å². The number of benzene rings is 1. The lowest BCUT2D eigenvalue weighted by molar-refractivity contribution is 0.0772. The number of carbonyl (C=O) groups excluding carboxylic acids is 1. The maximum Gasteiger partial charge on any atom is 0.275 e. The Hall–Kier alpha value is -2.04. The fourth-order valence-electron chi connectivity index (χ4n) is 3.00. The number of hydrogen-bond donors (Lipinski definition) is 2. The van der Waals surface area contributed by atoms with Crippen LogP contribution in [0.15, 0.2) is 18.2 Å². The number of anilines is 1. The molecule has 2 heterocycles. The van der Waals surface area contributed by atoms with E-state index in [4.69, 9.17) is 5.73 Å². The third-order valence-electron chi connectivity index (χ3n) is 4.49. The summed E-state index contributed by atoms with van der Waals surface area (Å²) < 4.78 is 0. The van der Waals surface area contributed by atoms with Gasteiger partial charge in [0.15, 0.2) is 5.69 Å². The lowest BCUT2D eigenvalue weighted by Crippen LogP contribution is -2.31. The van der Waals surface area contributed by atoms with Crippen molar-refractivity contribution in [1.29, 1.82) is 0 Å². The zero-order valence-electron chi connectivity index (χ0n) is 12.8. The SMILES string of the molecule is CC(C)(C)C1CCN(C(=O)c2n[nH]c3ccc(N)cc23)C1. The fraction of sp³-hybridized carbons (Fsp3) is 0.500. The van der Waals surface area contributed by atoms with Crippen LogP contribution in [-0.4, -0.2) is 34.1 Å². The summed E-state index contributed by atoms with van der Waals surface area (Å²) >= 11 is 0. The molecule has 3 N–H and O–H groups in total. The molecule has 1 atom stereocenters. The van der Waals surface area contributed by atoms with E-state index < -0.39 is 0 Å². The molecule has 0 saturated carbocycles. The summed E-state index contributed by atoms with van der Waals surface area (Å²) in [6, 6.07) is 5.47. The van der Waals surface area contributed by atoms with Crippen molar-refractivity contribution in [2.45, 2.75) is 27.2 Å². The van der Waals surface area contributed by atoms with Crippen LogP contribution in [0, 0.1) is 11.3 Å². The molecule has 2 aromatic rings. The quantitative estimate of drug-likeness (QED) is 0.791. The zero-order valence-corrected chi connectivity index (χ0v) is 12.8. The molecule has 1 amide bonds. The molecule has 3 rings (SSSR count). The largest absolute Gasteiger partial charge is 0.399 e. The normalized spacial score (nSPS) is 19.4. The van der Waals surface area contributed by atoms with Gasteiger partial charge in [-0.05, 0) is 36.0 Å². The molecular formula is C16H22N4O. The smallest absolute Gasteiger partial charge is 0.275 e. The molecule has 1 aliphatic rings. The summed E-state index contributed by atoms with van der Waals surface area (Å²) in [5, 5.41) is 7.91. The van der Waals surface area contributed by atoms with Gasteiger partial charge in [-0.2, -0.15) is 5.10 Å². The summed E-state index contributed by atoms with van der Waals surface area (Å²) in [5.74, 6) is 0.537. The number of H-pyrrole nitrogens is 1. The van der Waals surface area contributed by atoms with E-state index >= 15 is 0 Å². The summed E-state index contributed by atoms with van der Waals surface area (Å²) in [7, 11) is 0. The second-order valence-electron chi connectivity index (χ2n) is 6.98. The number of nitrogen functional groups attached to an aromatic ring is 1. The highest BCUT2D eigenvalue weighted by Crippen LogP contribution is 2.34. The van der Waals surface area contributed by atoms with Crippen LogP contribution in [0.3, 0.4) is 0 Å². The lowest BCUT2D eigenvalue weighted by atomic mass is 9.80. The third kappa shape index (κ3) is 2.48. The van der Waals surface area contributed by atoms with Crippen LogP contribution in [0.1, 0.15) is 37.7 Å². The van der Waals surface area contributed by atoms with E-state index in [9.17, 15) is 4.79 Å². The standard InChI is InChI=1S/C16H22N4O/c1-16(2,3)10-6-7-20(9-10)15(21)14-12-8-11(17)4-5-13(12)18-19-14/h4-5,8,10H,6-7,9,17H2,1-3H3,(H,18,19). The van der Waals surface area contributed by atoms with Crippen LogP contribution in [-0.2, 0) is 0 Å². The molecule has 1 aromatic carbocycles. The minimum Gasteiger partial charge on any atom is -0.399 e. The molecule has 21 heavy (non-hydrogen) atoms. The third-order valence-corrected chi connectivity index (χ3v) is 4.49.